The Morgan fingerprint density at radius 3 is 2.38 bits per heavy atom. The van der Waals surface area contributed by atoms with E-state index in [1.54, 1.807) is 19.1 Å². The molecule has 1 aromatic rings. The lowest BCUT2D eigenvalue weighted by atomic mass is 10.5. The molecule has 0 aliphatic heterocycles. The normalized spacial score (nSPS) is 8.15. The number of methoxy groups -OCH3 is 1. The van der Waals surface area contributed by atoms with Gasteiger partial charge in [-0.2, -0.15) is 0 Å². The number of esters is 1. The van der Waals surface area contributed by atoms with E-state index in [9.17, 15) is 9.59 Å². The van der Waals surface area contributed by atoms with E-state index in [2.05, 4.69) is 9.15 Å². The molecule has 0 aromatic carbocycles. The largest absolute Gasteiger partial charge is 0.469 e. The van der Waals surface area contributed by atoms with Gasteiger partial charge in [0.25, 0.3) is 0 Å². The molecule has 72 valence electrons. The number of carbonyl (C=O) groups excluding carboxylic acids is 1. The summed E-state index contributed by atoms with van der Waals surface area (Å²) in [6.07, 6.45) is 1.82. The van der Waals surface area contributed by atoms with Crippen molar-refractivity contribution in [1.82, 2.24) is 0 Å². The molecule has 0 fully saturated rings. The summed E-state index contributed by atoms with van der Waals surface area (Å²) in [5.41, 5.74) is -0.303. The molecule has 0 saturated heterocycles. The van der Waals surface area contributed by atoms with Crippen LogP contribution in [0, 0.1) is 0 Å². The maximum Gasteiger partial charge on any atom is 0.335 e. The van der Waals surface area contributed by atoms with Gasteiger partial charge in [-0.05, 0) is 6.07 Å². The van der Waals surface area contributed by atoms with Crippen LogP contribution in [0.2, 0.25) is 0 Å². The first-order chi connectivity index (χ1) is 6.20. The molecule has 0 radical (unpaired) electrons. The molecule has 0 saturated carbocycles. The second-order valence-electron chi connectivity index (χ2n) is 2.05. The van der Waals surface area contributed by atoms with Crippen LogP contribution in [0.3, 0.4) is 0 Å². The van der Waals surface area contributed by atoms with Gasteiger partial charge in [0, 0.05) is 12.5 Å². The minimum atomic E-state index is -0.303. The number of rotatable bonds is 1. The van der Waals surface area contributed by atoms with Crippen LogP contribution in [0.4, 0.5) is 0 Å². The zero-order valence-corrected chi connectivity index (χ0v) is 7.65. The number of carbonyl (C=O) groups is 1. The Hall–Kier alpha value is -1.58. The van der Waals surface area contributed by atoms with Gasteiger partial charge in [-0.3, -0.25) is 4.79 Å². The topological polar surface area (TPSA) is 56.5 Å². The summed E-state index contributed by atoms with van der Waals surface area (Å²) in [4.78, 5) is 20.1. The van der Waals surface area contributed by atoms with Gasteiger partial charge in [0.05, 0.1) is 13.4 Å². The second kappa shape index (κ2) is 7.09. The molecule has 1 heterocycles. The minimum Gasteiger partial charge on any atom is -0.469 e. The molecule has 1 rings (SSSR count). The van der Waals surface area contributed by atoms with E-state index < -0.39 is 0 Å². The SMILES string of the molecule is CCC(=O)OC.O=c1cccco1. The Morgan fingerprint density at radius 2 is 2.23 bits per heavy atom. The fourth-order valence-corrected chi connectivity index (χ4v) is 0.469. The average Bonchev–Trinajstić information content (AvgIpc) is 2.19. The Balaban J connectivity index is 0.000000226. The molecule has 13 heavy (non-hydrogen) atoms. The summed E-state index contributed by atoms with van der Waals surface area (Å²) in [6, 6.07) is 4.65. The summed E-state index contributed by atoms with van der Waals surface area (Å²) in [7, 11) is 1.38. The van der Waals surface area contributed by atoms with Gasteiger partial charge < -0.3 is 9.15 Å². The zero-order chi connectivity index (χ0) is 10.1. The molecular weight excluding hydrogens is 172 g/mol. The predicted molar refractivity (Wildman–Crippen MR) is 47.3 cm³/mol. The second-order valence-corrected chi connectivity index (χ2v) is 2.05. The van der Waals surface area contributed by atoms with Crippen molar-refractivity contribution in [2.75, 3.05) is 7.11 Å². The van der Waals surface area contributed by atoms with Gasteiger partial charge in [0.2, 0.25) is 0 Å². The third-order valence-corrected chi connectivity index (χ3v) is 1.12. The Labute approximate surface area is 76.1 Å². The quantitative estimate of drug-likeness (QED) is 0.615. The summed E-state index contributed by atoms with van der Waals surface area (Å²) in [6.45, 7) is 1.76. The van der Waals surface area contributed by atoms with Crippen LogP contribution < -0.4 is 5.63 Å². The first-order valence-electron chi connectivity index (χ1n) is 3.81. The Morgan fingerprint density at radius 1 is 1.54 bits per heavy atom. The highest BCUT2D eigenvalue weighted by Gasteiger charge is 1.87. The van der Waals surface area contributed by atoms with Crippen LogP contribution in [0.1, 0.15) is 13.3 Å². The molecule has 0 unspecified atom stereocenters. The van der Waals surface area contributed by atoms with Crippen molar-refractivity contribution in [1.29, 1.82) is 0 Å². The first kappa shape index (κ1) is 11.4. The highest BCUT2D eigenvalue weighted by molar-refractivity contribution is 5.68. The lowest BCUT2D eigenvalue weighted by Crippen LogP contribution is -1.94. The zero-order valence-electron chi connectivity index (χ0n) is 7.65. The third kappa shape index (κ3) is 6.80. The van der Waals surface area contributed by atoms with Crippen LogP contribution in [-0.4, -0.2) is 13.1 Å². The molecule has 0 atom stereocenters. The van der Waals surface area contributed by atoms with Gasteiger partial charge in [0.15, 0.2) is 0 Å². The first-order valence-corrected chi connectivity index (χ1v) is 3.81. The van der Waals surface area contributed by atoms with E-state index in [0.717, 1.165) is 0 Å². The van der Waals surface area contributed by atoms with Crippen LogP contribution >= 0.6 is 0 Å². The predicted octanol–water partition coefficient (Wildman–Crippen LogP) is 1.21. The summed E-state index contributed by atoms with van der Waals surface area (Å²) >= 11 is 0. The van der Waals surface area contributed by atoms with E-state index in [-0.39, 0.29) is 11.6 Å². The number of ether oxygens (including phenoxy) is 1. The van der Waals surface area contributed by atoms with E-state index in [1.165, 1.54) is 19.4 Å². The van der Waals surface area contributed by atoms with Crippen molar-refractivity contribution in [3.63, 3.8) is 0 Å². The molecule has 0 aliphatic carbocycles. The fourth-order valence-electron chi connectivity index (χ4n) is 0.469. The van der Waals surface area contributed by atoms with E-state index in [0.29, 0.717) is 6.42 Å². The fraction of sp³-hybridized carbons (Fsp3) is 0.333. The Kier molecular flexibility index (Phi) is 6.23. The van der Waals surface area contributed by atoms with Crippen LogP contribution in [0.15, 0.2) is 33.7 Å². The van der Waals surface area contributed by atoms with E-state index in [4.69, 9.17) is 0 Å². The van der Waals surface area contributed by atoms with Crippen molar-refractivity contribution >= 4 is 5.97 Å². The van der Waals surface area contributed by atoms with Gasteiger partial charge in [-0.1, -0.05) is 13.0 Å². The lowest BCUT2D eigenvalue weighted by Gasteiger charge is -1.87. The van der Waals surface area contributed by atoms with Gasteiger partial charge in [-0.25, -0.2) is 4.79 Å². The number of hydrogen-bond acceptors (Lipinski definition) is 4. The van der Waals surface area contributed by atoms with Gasteiger partial charge in [-0.15, -0.1) is 0 Å². The van der Waals surface area contributed by atoms with Gasteiger partial charge >= 0.3 is 11.6 Å². The maximum atomic E-state index is 10.1. The van der Waals surface area contributed by atoms with Crippen molar-refractivity contribution in [3.05, 3.63) is 34.9 Å². The molecule has 1 aromatic heterocycles. The van der Waals surface area contributed by atoms with Crippen molar-refractivity contribution in [2.24, 2.45) is 0 Å². The molecule has 0 bridgehead atoms. The lowest BCUT2D eigenvalue weighted by molar-refractivity contribution is -0.140. The van der Waals surface area contributed by atoms with Gasteiger partial charge in [0.1, 0.15) is 0 Å². The number of hydrogen-bond donors (Lipinski definition) is 0. The van der Waals surface area contributed by atoms with Crippen LogP contribution in [0.25, 0.3) is 0 Å². The molecule has 4 nitrogen and oxygen atoms in total. The highest BCUT2D eigenvalue weighted by Crippen LogP contribution is 1.76. The summed E-state index contributed by atoms with van der Waals surface area (Å²) in [5.74, 6) is -0.157. The molecule has 0 aliphatic rings. The van der Waals surface area contributed by atoms with Crippen molar-refractivity contribution < 1.29 is 13.9 Å². The highest BCUT2D eigenvalue weighted by atomic mass is 16.5. The third-order valence-electron chi connectivity index (χ3n) is 1.12. The van der Waals surface area contributed by atoms with Crippen LogP contribution in [0.5, 0.6) is 0 Å². The molecule has 4 heteroatoms. The van der Waals surface area contributed by atoms with E-state index >= 15 is 0 Å². The monoisotopic (exact) mass is 184 g/mol. The Bertz CT molecular complexity index is 266. The summed E-state index contributed by atoms with van der Waals surface area (Å²) in [5, 5.41) is 0. The smallest absolute Gasteiger partial charge is 0.335 e. The molecule has 0 N–H and O–H groups in total. The van der Waals surface area contributed by atoms with Crippen LogP contribution in [-0.2, 0) is 9.53 Å². The van der Waals surface area contributed by atoms with E-state index in [1.807, 2.05) is 0 Å². The minimum absolute atomic E-state index is 0.157. The molecule has 0 spiro atoms. The molecule has 0 amide bonds. The molecular formula is C9H12O4. The van der Waals surface area contributed by atoms with Crippen molar-refractivity contribution in [2.45, 2.75) is 13.3 Å². The summed E-state index contributed by atoms with van der Waals surface area (Å²) < 4.78 is 8.63. The standard InChI is InChI=1S/C5H4O2.C4H8O2/c6-5-3-1-2-4-7-5;1-3-4(5)6-2/h1-4H;3H2,1-2H3. The maximum absolute atomic E-state index is 10.1. The average molecular weight is 184 g/mol. The van der Waals surface area contributed by atoms with Crippen molar-refractivity contribution in [3.8, 4) is 0 Å².